The van der Waals surface area contributed by atoms with Crippen LogP contribution in [0.1, 0.15) is 0 Å². The molecule has 0 bridgehead atoms. The molecule has 0 unspecified atom stereocenters. The van der Waals surface area contributed by atoms with Crippen LogP contribution in [0.3, 0.4) is 0 Å². The van der Waals surface area contributed by atoms with E-state index in [1.54, 1.807) is 6.07 Å². The summed E-state index contributed by atoms with van der Waals surface area (Å²) in [4.78, 5) is 4.62. The molecule has 6 nitrogen and oxygen atoms in total. The Labute approximate surface area is 615 Å². The highest BCUT2D eigenvalue weighted by molar-refractivity contribution is 9.10. The van der Waals surface area contributed by atoms with Crippen molar-refractivity contribution in [1.29, 1.82) is 0 Å². The summed E-state index contributed by atoms with van der Waals surface area (Å²) < 4.78 is 5.62. The van der Waals surface area contributed by atoms with Gasteiger partial charge in [0.25, 0.3) is 0 Å². The number of hydrogen-bond donors (Lipinski definition) is 2. The van der Waals surface area contributed by atoms with Gasteiger partial charge in [0.1, 0.15) is 0 Å². The van der Waals surface area contributed by atoms with Gasteiger partial charge in [0, 0.05) is 71.5 Å². The fraction of sp³-hybridized carbons (Fsp3) is 0. The van der Waals surface area contributed by atoms with Crippen molar-refractivity contribution < 1.29 is 10.0 Å². The van der Waals surface area contributed by atoms with E-state index in [9.17, 15) is 10.0 Å². The molecule has 0 saturated carbocycles. The molecule has 2 N–H and O–H groups in total. The summed E-state index contributed by atoms with van der Waals surface area (Å²) in [6.45, 7) is 0. The van der Waals surface area contributed by atoms with Crippen molar-refractivity contribution in [3.63, 3.8) is 0 Å². The van der Waals surface area contributed by atoms with E-state index in [0.717, 1.165) is 66.1 Å². The van der Waals surface area contributed by atoms with Crippen LogP contribution in [0.25, 0.3) is 111 Å². The fourth-order valence-electron chi connectivity index (χ4n) is 14.0. The molecule has 0 aliphatic rings. The van der Waals surface area contributed by atoms with E-state index < -0.39 is 7.12 Å². The number of anilines is 6. The number of nitrogens with zero attached hydrogens (tertiary/aromatic N) is 4. The minimum Gasteiger partial charge on any atom is -0.423 e. The van der Waals surface area contributed by atoms with Crippen molar-refractivity contribution in [2.45, 2.75) is 0 Å². The highest BCUT2D eigenvalue weighted by Gasteiger charge is 2.20. The average Bonchev–Trinajstić information content (AvgIpc) is 1.59. The molecule has 0 spiro atoms. The second kappa shape index (κ2) is 30.2. The number of fused-ring (bicyclic) bond motifs is 6. The maximum absolute atomic E-state index is 9.43. The lowest BCUT2D eigenvalue weighted by molar-refractivity contribution is 0.426. The summed E-state index contributed by atoms with van der Waals surface area (Å²) in [7, 11) is -1.46. The maximum atomic E-state index is 9.43. The maximum Gasteiger partial charge on any atom is 0.488 e. The Morgan fingerprint density at radius 2 is 0.452 bits per heavy atom. The highest BCUT2D eigenvalue weighted by Crippen LogP contribution is 2.42. The predicted molar refractivity (Wildman–Crippen MR) is 442 cm³/mol. The normalized spacial score (nSPS) is 11.0. The Kier molecular flexibility index (Phi) is 19.1. The van der Waals surface area contributed by atoms with E-state index >= 15 is 0 Å². The molecule has 2 aromatic heterocycles. The molecular formula is C96H70BBrN4O2. The molecule has 8 heteroatoms. The van der Waals surface area contributed by atoms with E-state index in [-0.39, 0.29) is 0 Å². The minimum atomic E-state index is -1.46. The molecule has 496 valence electrons. The van der Waals surface area contributed by atoms with Crippen molar-refractivity contribution in [2.24, 2.45) is 0 Å². The molecule has 0 aliphatic carbocycles. The van der Waals surface area contributed by atoms with Crippen LogP contribution in [0.4, 0.5) is 34.1 Å². The molecule has 16 aromatic carbocycles. The van der Waals surface area contributed by atoms with Crippen molar-refractivity contribution in [1.82, 2.24) is 9.13 Å². The Hall–Kier alpha value is -12.8. The molecule has 18 aromatic rings. The third-order valence-corrected chi connectivity index (χ3v) is 19.7. The first kappa shape index (κ1) is 65.8. The van der Waals surface area contributed by atoms with Crippen LogP contribution >= 0.6 is 15.9 Å². The molecule has 0 radical (unpaired) electrons. The van der Waals surface area contributed by atoms with E-state index in [0.29, 0.717) is 5.46 Å². The van der Waals surface area contributed by atoms with Gasteiger partial charge in [-0.15, -0.1) is 0 Å². The largest absolute Gasteiger partial charge is 0.488 e. The Bertz CT molecular complexity index is 5720. The second-order valence-electron chi connectivity index (χ2n) is 25.6. The number of rotatable bonds is 14. The van der Waals surface area contributed by atoms with Gasteiger partial charge in [-0.2, -0.15) is 0 Å². The van der Waals surface area contributed by atoms with Gasteiger partial charge in [0.05, 0.1) is 22.1 Å². The molecule has 0 atom stereocenters. The van der Waals surface area contributed by atoms with E-state index in [2.05, 4.69) is 387 Å². The van der Waals surface area contributed by atoms with Crippen LogP contribution < -0.4 is 15.3 Å². The van der Waals surface area contributed by atoms with Gasteiger partial charge in [-0.3, -0.25) is 0 Å². The number of para-hydroxylation sites is 4. The van der Waals surface area contributed by atoms with Gasteiger partial charge >= 0.3 is 7.12 Å². The summed E-state index contributed by atoms with van der Waals surface area (Å²) >= 11 is 3.56. The van der Waals surface area contributed by atoms with Gasteiger partial charge < -0.3 is 29.0 Å². The third-order valence-electron chi connectivity index (χ3n) is 19.2. The Morgan fingerprint density at radius 3 is 0.779 bits per heavy atom. The summed E-state index contributed by atoms with van der Waals surface area (Å²) in [5.41, 5.74) is 26.1. The van der Waals surface area contributed by atoms with Gasteiger partial charge in [0.2, 0.25) is 0 Å². The topological polar surface area (TPSA) is 56.8 Å². The predicted octanol–water partition coefficient (Wildman–Crippen LogP) is 25.0. The zero-order valence-corrected chi connectivity index (χ0v) is 58.5. The van der Waals surface area contributed by atoms with Crippen molar-refractivity contribution >= 4 is 106 Å². The monoisotopic (exact) mass is 1400 g/mol. The minimum absolute atomic E-state index is 0.503. The summed E-state index contributed by atoms with van der Waals surface area (Å²) in [6, 6.07) is 145. The summed E-state index contributed by atoms with van der Waals surface area (Å²) in [6.07, 6.45) is 0. The average molecular weight is 1400 g/mol. The molecule has 0 aliphatic heterocycles. The molecule has 0 fully saturated rings. The zero-order valence-electron chi connectivity index (χ0n) is 56.9. The van der Waals surface area contributed by atoms with Crippen LogP contribution in [-0.2, 0) is 0 Å². The lowest BCUT2D eigenvalue weighted by Gasteiger charge is -2.26. The van der Waals surface area contributed by atoms with Gasteiger partial charge in [-0.25, -0.2) is 0 Å². The smallest absolute Gasteiger partial charge is 0.423 e. The highest BCUT2D eigenvalue weighted by atomic mass is 79.9. The quantitative estimate of drug-likeness (QED) is 0.107. The van der Waals surface area contributed by atoms with Crippen molar-refractivity contribution in [3.8, 4) is 67.0 Å². The van der Waals surface area contributed by atoms with Crippen LogP contribution in [0.5, 0.6) is 0 Å². The summed E-state index contributed by atoms with van der Waals surface area (Å²) in [5.74, 6) is 0. The first-order valence-electron chi connectivity index (χ1n) is 35.0. The van der Waals surface area contributed by atoms with Crippen LogP contribution in [0.15, 0.2) is 417 Å². The second-order valence-corrected chi connectivity index (χ2v) is 26.5. The molecule has 2 heterocycles. The Morgan fingerprint density at radius 1 is 0.212 bits per heavy atom. The number of hydrogen-bond acceptors (Lipinski definition) is 4. The van der Waals surface area contributed by atoms with Gasteiger partial charge in [0.15, 0.2) is 0 Å². The lowest BCUT2D eigenvalue weighted by atomic mass is 9.80. The Balaban J connectivity index is 0.000000132. The van der Waals surface area contributed by atoms with Crippen LogP contribution in [0.2, 0.25) is 0 Å². The number of halogens is 1. The fourth-order valence-corrected chi connectivity index (χ4v) is 14.3. The SMILES string of the molecule is Brc1ccc(N(c2ccc(-c3ccccc3)cc2)c2ccc(-c3ccccc3)cc2)cc1.OB(O)c1ccc2c(c1)c1ccccc1n2-c1ccccc1.c1ccc(-c2ccc(N(c3ccc(-c4ccccc4)cc3)c3ccc(-c4ccc5c(c4)c4ccccc4n5-c4ccccc4)cc3)cc2)cc1. The van der Waals surface area contributed by atoms with E-state index in [1.807, 2.05) is 54.6 Å². The number of benzene rings is 16. The molecule has 104 heavy (non-hydrogen) atoms. The molecule has 0 saturated heterocycles. The lowest BCUT2D eigenvalue weighted by Crippen LogP contribution is -2.29. The molecule has 18 rings (SSSR count). The molecule has 0 amide bonds. The first-order chi connectivity index (χ1) is 51.3. The van der Waals surface area contributed by atoms with Crippen LogP contribution in [0, 0.1) is 0 Å². The van der Waals surface area contributed by atoms with E-state index in [4.69, 9.17) is 0 Å². The number of aromatic nitrogens is 2. The van der Waals surface area contributed by atoms with Crippen molar-refractivity contribution in [3.05, 3.63) is 417 Å². The van der Waals surface area contributed by atoms with Crippen LogP contribution in [-0.4, -0.2) is 26.3 Å². The first-order valence-corrected chi connectivity index (χ1v) is 35.7. The summed E-state index contributed by atoms with van der Waals surface area (Å²) in [5, 5.41) is 23.5. The van der Waals surface area contributed by atoms with Gasteiger partial charge in [-0.1, -0.05) is 289 Å². The molecular weight excluding hydrogens is 1330 g/mol. The van der Waals surface area contributed by atoms with Gasteiger partial charge in [-0.05, 0) is 201 Å². The van der Waals surface area contributed by atoms with E-state index in [1.165, 1.54) is 83.1 Å². The zero-order chi connectivity index (χ0) is 70.1. The third kappa shape index (κ3) is 13.9. The van der Waals surface area contributed by atoms with Crippen molar-refractivity contribution in [2.75, 3.05) is 9.80 Å². The standard InChI is InChI=1S/C48H34N2.C30H22BrN.C18H14BNO2/c1-4-12-35(13-5-1)37-20-27-42(28-21-37)49(43-29-22-38(23-30-43)36-14-6-2-7-15-36)44-31-24-39(25-32-44)40-26-33-48-46(34-40)45-18-10-11-19-47(45)50(48)41-16-8-3-9-17-41;31-27-15-21-30(22-16-27)32(28-17-11-25(12-18-28)23-7-3-1-4-8-23)29-19-13-26(14-20-29)24-9-5-2-6-10-24;21-19(22)13-10-11-18-16(12-13)15-8-4-5-9-17(15)20(18)14-6-2-1-3-7-14/h1-34H;1-22H;1-12,21-22H.